The number of para-hydroxylation sites is 1. The lowest BCUT2D eigenvalue weighted by molar-refractivity contribution is -0.120. The molecule has 0 atom stereocenters. The van der Waals surface area contributed by atoms with E-state index in [4.69, 9.17) is 12.2 Å². The van der Waals surface area contributed by atoms with Gasteiger partial charge in [0.25, 0.3) is 10.0 Å². The third-order valence-electron chi connectivity index (χ3n) is 4.73. The van der Waals surface area contributed by atoms with Gasteiger partial charge < -0.3 is 10.6 Å². The number of rotatable bonds is 4. The Bertz CT molecular complexity index is 999. The van der Waals surface area contributed by atoms with Crippen molar-refractivity contribution in [3.05, 3.63) is 54.1 Å². The molecule has 2 aromatic rings. The highest BCUT2D eigenvalue weighted by Crippen LogP contribution is 2.33. The van der Waals surface area contributed by atoms with Crippen LogP contribution in [-0.4, -0.2) is 26.0 Å². The van der Waals surface area contributed by atoms with Gasteiger partial charge in [-0.3, -0.25) is 9.10 Å². The molecule has 1 amide bonds. The molecule has 4 rings (SSSR count). The van der Waals surface area contributed by atoms with E-state index in [1.54, 1.807) is 24.3 Å². The Morgan fingerprint density at radius 1 is 1.07 bits per heavy atom. The number of nitrogens with zero attached hydrogens (tertiary/aromatic N) is 1. The summed E-state index contributed by atoms with van der Waals surface area (Å²) in [5.74, 6) is 0.00000411. The largest absolute Gasteiger partial charge is 0.332 e. The topological polar surface area (TPSA) is 78.5 Å². The van der Waals surface area contributed by atoms with E-state index in [2.05, 4.69) is 10.6 Å². The van der Waals surface area contributed by atoms with Crippen molar-refractivity contribution in [1.29, 1.82) is 0 Å². The standard InChI is InChI=1S/C19H19N3O3S2/c23-18(14-5-6-14)21-19(26)20-15-7-9-16(10-8-15)27(24,25)22-12-11-13-3-1-2-4-17(13)22/h1-4,7-10,14H,5-6,11-12H2,(H2,20,21,23,26). The minimum absolute atomic E-state index is 0.0700. The summed E-state index contributed by atoms with van der Waals surface area (Å²) in [6.07, 6.45) is 2.52. The van der Waals surface area contributed by atoms with Crippen LogP contribution in [0.4, 0.5) is 11.4 Å². The highest BCUT2D eigenvalue weighted by atomic mass is 32.2. The molecule has 0 saturated heterocycles. The van der Waals surface area contributed by atoms with Crippen molar-refractivity contribution in [1.82, 2.24) is 5.32 Å². The molecular weight excluding hydrogens is 382 g/mol. The lowest BCUT2D eigenvalue weighted by atomic mass is 10.2. The summed E-state index contributed by atoms with van der Waals surface area (Å²) in [5.41, 5.74) is 2.40. The molecule has 2 N–H and O–H groups in total. The van der Waals surface area contributed by atoms with Crippen molar-refractivity contribution in [3.8, 4) is 0 Å². The smallest absolute Gasteiger partial charge is 0.264 e. The molecule has 1 heterocycles. The van der Waals surface area contributed by atoms with Crippen LogP contribution in [0.2, 0.25) is 0 Å². The maximum absolute atomic E-state index is 13.0. The van der Waals surface area contributed by atoms with E-state index in [0.717, 1.165) is 24.1 Å². The zero-order chi connectivity index (χ0) is 19.0. The molecule has 8 heteroatoms. The van der Waals surface area contributed by atoms with E-state index in [9.17, 15) is 13.2 Å². The van der Waals surface area contributed by atoms with E-state index in [1.165, 1.54) is 4.31 Å². The molecule has 1 fully saturated rings. The molecule has 2 aliphatic rings. The second-order valence-electron chi connectivity index (χ2n) is 6.70. The van der Waals surface area contributed by atoms with Gasteiger partial charge in [0, 0.05) is 18.2 Å². The van der Waals surface area contributed by atoms with Gasteiger partial charge in [-0.05, 0) is 67.4 Å². The molecule has 1 aliphatic carbocycles. The highest BCUT2D eigenvalue weighted by Gasteiger charge is 2.31. The molecule has 1 saturated carbocycles. The fraction of sp³-hybridized carbons (Fsp3) is 0.263. The molecule has 0 spiro atoms. The van der Waals surface area contributed by atoms with Crippen LogP contribution >= 0.6 is 12.2 Å². The Morgan fingerprint density at radius 3 is 2.48 bits per heavy atom. The van der Waals surface area contributed by atoms with E-state index in [1.807, 2.05) is 24.3 Å². The molecule has 6 nitrogen and oxygen atoms in total. The Hall–Kier alpha value is -2.45. The zero-order valence-electron chi connectivity index (χ0n) is 14.5. The third kappa shape index (κ3) is 3.68. The summed E-state index contributed by atoms with van der Waals surface area (Å²) in [6.45, 7) is 0.443. The first-order valence-electron chi connectivity index (χ1n) is 8.78. The van der Waals surface area contributed by atoms with Crippen LogP contribution in [0, 0.1) is 5.92 Å². The first-order chi connectivity index (χ1) is 12.9. The van der Waals surface area contributed by atoms with Gasteiger partial charge in [0.15, 0.2) is 5.11 Å². The molecule has 2 aromatic carbocycles. The lowest BCUT2D eigenvalue weighted by Gasteiger charge is -2.19. The van der Waals surface area contributed by atoms with Gasteiger partial charge in [-0.25, -0.2) is 8.42 Å². The molecule has 1 aliphatic heterocycles. The van der Waals surface area contributed by atoms with Gasteiger partial charge in [0.1, 0.15) is 0 Å². The second kappa shape index (κ2) is 6.94. The number of benzene rings is 2. The fourth-order valence-electron chi connectivity index (χ4n) is 3.12. The van der Waals surface area contributed by atoms with Gasteiger partial charge in [0.05, 0.1) is 10.6 Å². The number of carbonyl (C=O) groups is 1. The van der Waals surface area contributed by atoms with Crippen LogP contribution < -0.4 is 14.9 Å². The van der Waals surface area contributed by atoms with Crippen LogP contribution in [0.5, 0.6) is 0 Å². The maximum Gasteiger partial charge on any atom is 0.264 e. The van der Waals surface area contributed by atoms with Gasteiger partial charge in [0.2, 0.25) is 5.91 Å². The third-order valence-corrected chi connectivity index (χ3v) is 6.76. The molecule has 27 heavy (non-hydrogen) atoms. The zero-order valence-corrected chi connectivity index (χ0v) is 16.1. The van der Waals surface area contributed by atoms with Crippen LogP contribution in [-0.2, 0) is 21.2 Å². The summed E-state index contributed by atoms with van der Waals surface area (Å²) in [7, 11) is -3.62. The first-order valence-corrected chi connectivity index (χ1v) is 10.6. The van der Waals surface area contributed by atoms with Gasteiger partial charge in [-0.1, -0.05) is 18.2 Å². The van der Waals surface area contributed by atoms with Gasteiger partial charge in [-0.2, -0.15) is 0 Å². The SMILES string of the molecule is O=C(NC(=S)Nc1ccc(S(=O)(=O)N2CCc3ccccc32)cc1)C1CC1. The number of sulfonamides is 1. The minimum Gasteiger partial charge on any atom is -0.332 e. The fourth-order valence-corrected chi connectivity index (χ4v) is 4.84. The number of nitrogens with one attached hydrogen (secondary N) is 2. The van der Waals surface area contributed by atoms with Gasteiger partial charge in [-0.15, -0.1) is 0 Å². The van der Waals surface area contributed by atoms with E-state index < -0.39 is 10.0 Å². The number of fused-ring (bicyclic) bond motifs is 1. The highest BCUT2D eigenvalue weighted by molar-refractivity contribution is 7.92. The van der Waals surface area contributed by atoms with E-state index in [0.29, 0.717) is 18.7 Å². The Kier molecular flexibility index (Phi) is 4.61. The average Bonchev–Trinajstić information content (AvgIpc) is 3.41. The Balaban J connectivity index is 1.47. The summed E-state index contributed by atoms with van der Waals surface area (Å²) in [4.78, 5) is 11.9. The summed E-state index contributed by atoms with van der Waals surface area (Å²) < 4.78 is 27.4. The van der Waals surface area contributed by atoms with Crippen molar-refractivity contribution in [2.24, 2.45) is 5.92 Å². The van der Waals surface area contributed by atoms with Crippen molar-refractivity contribution >= 4 is 44.6 Å². The Morgan fingerprint density at radius 2 is 1.78 bits per heavy atom. The second-order valence-corrected chi connectivity index (χ2v) is 8.97. The normalized spacial score (nSPS) is 15.9. The van der Waals surface area contributed by atoms with Crippen LogP contribution in [0.25, 0.3) is 0 Å². The van der Waals surface area contributed by atoms with Crippen molar-refractivity contribution in [3.63, 3.8) is 0 Å². The summed E-state index contributed by atoms with van der Waals surface area (Å²) in [6, 6.07) is 13.9. The van der Waals surface area contributed by atoms with Crippen LogP contribution in [0.15, 0.2) is 53.4 Å². The summed E-state index contributed by atoms with van der Waals surface area (Å²) >= 11 is 5.13. The van der Waals surface area contributed by atoms with Crippen LogP contribution in [0.3, 0.4) is 0 Å². The van der Waals surface area contributed by atoms with Crippen molar-refractivity contribution < 1.29 is 13.2 Å². The lowest BCUT2D eigenvalue weighted by Crippen LogP contribution is -2.35. The first kappa shape index (κ1) is 17.9. The number of thiocarbonyl (C=S) groups is 1. The van der Waals surface area contributed by atoms with E-state index in [-0.39, 0.29) is 21.8 Å². The minimum atomic E-state index is -3.62. The number of hydrogen-bond donors (Lipinski definition) is 2. The molecule has 0 radical (unpaired) electrons. The maximum atomic E-state index is 13.0. The van der Waals surface area contributed by atoms with Crippen LogP contribution in [0.1, 0.15) is 18.4 Å². The predicted octanol–water partition coefficient (Wildman–Crippen LogP) is 2.66. The molecule has 0 aromatic heterocycles. The molecular formula is C19H19N3O3S2. The number of carbonyl (C=O) groups excluding carboxylic acids is 1. The average molecular weight is 402 g/mol. The number of amides is 1. The molecule has 0 bridgehead atoms. The molecule has 0 unspecified atom stereocenters. The predicted molar refractivity (Wildman–Crippen MR) is 108 cm³/mol. The quantitative estimate of drug-likeness (QED) is 0.770. The van der Waals surface area contributed by atoms with Crippen molar-refractivity contribution in [2.45, 2.75) is 24.2 Å². The monoisotopic (exact) mass is 401 g/mol. The van der Waals surface area contributed by atoms with E-state index >= 15 is 0 Å². The Labute approximate surface area is 163 Å². The molecule has 140 valence electrons. The van der Waals surface area contributed by atoms with Crippen molar-refractivity contribution in [2.75, 3.05) is 16.2 Å². The number of hydrogen-bond acceptors (Lipinski definition) is 4. The summed E-state index contributed by atoms with van der Waals surface area (Å²) in [5, 5.41) is 5.77. The number of anilines is 2. The van der Waals surface area contributed by atoms with Gasteiger partial charge >= 0.3 is 0 Å².